The molecule has 0 radical (unpaired) electrons. The zero-order valence-corrected chi connectivity index (χ0v) is 16.2. The van der Waals surface area contributed by atoms with Crippen LogP contribution in [0.5, 0.6) is 11.5 Å². The van der Waals surface area contributed by atoms with Crippen LogP contribution in [0.4, 0.5) is 11.4 Å². The van der Waals surface area contributed by atoms with E-state index in [0.29, 0.717) is 36.0 Å². The lowest BCUT2D eigenvalue weighted by Crippen LogP contribution is -2.35. The van der Waals surface area contributed by atoms with Gasteiger partial charge in [0.05, 0.1) is 11.4 Å². The van der Waals surface area contributed by atoms with E-state index in [0.717, 1.165) is 6.42 Å². The molecule has 0 atom stereocenters. The summed E-state index contributed by atoms with van der Waals surface area (Å²) >= 11 is 1.74. The summed E-state index contributed by atoms with van der Waals surface area (Å²) in [5.74, 6) is 0.854. The van der Waals surface area contributed by atoms with Crippen molar-refractivity contribution in [2.24, 2.45) is 0 Å². The van der Waals surface area contributed by atoms with Gasteiger partial charge < -0.3 is 25.4 Å². The van der Waals surface area contributed by atoms with Crippen LogP contribution in [0, 0.1) is 0 Å². The number of hydrogen-bond donors (Lipinski definition) is 2. The number of carbonyl (C=O) groups excluding carboxylic acids is 2. The molecule has 7 nitrogen and oxygen atoms in total. The van der Waals surface area contributed by atoms with Crippen molar-refractivity contribution >= 4 is 46.9 Å². The number of benzene rings is 1. The maximum Gasteiger partial charge on any atom is 0.231 e. The van der Waals surface area contributed by atoms with Gasteiger partial charge in [0.25, 0.3) is 0 Å². The Morgan fingerprint density at radius 2 is 2.00 bits per heavy atom. The van der Waals surface area contributed by atoms with Crippen molar-refractivity contribution in [3.63, 3.8) is 0 Å². The van der Waals surface area contributed by atoms with E-state index in [1.165, 1.54) is 10.4 Å². The summed E-state index contributed by atoms with van der Waals surface area (Å²) in [6, 6.07) is 5.32. The van der Waals surface area contributed by atoms with Gasteiger partial charge in [-0.1, -0.05) is 0 Å². The van der Waals surface area contributed by atoms with Crippen LogP contribution in [-0.4, -0.2) is 30.1 Å². The molecule has 0 fully saturated rings. The third-order valence-electron chi connectivity index (χ3n) is 4.55. The third kappa shape index (κ3) is 4.12. The molecule has 0 unspecified atom stereocenters. The first kappa shape index (κ1) is 19.3. The van der Waals surface area contributed by atoms with Gasteiger partial charge in [-0.15, -0.1) is 23.7 Å². The van der Waals surface area contributed by atoms with E-state index < -0.39 is 0 Å². The first-order chi connectivity index (χ1) is 12.6. The van der Waals surface area contributed by atoms with Crippen molar-refractivity contribution in [1.29, 1.82) is 0 Å². The third-order valence-corrected chi connectivity index (χ3v) is 5.57. The standard InChI is InChI=1S/C18H19N3O4S.ClH/c19-12-7-14-15(25-10-24-14)8-13(12)20-17(22)1-2-18(23)21-5-3-16-11(9-21)4-6-26-16;/h4,6-8H,1-3,5,9-10,19H2,(H,20,22);1H. The van der Waals surface area contributed by atoms with Gasteiger partial charge in [0.15, 0.2) is 11.5 Å². The minimum Gasteiger partial charge on any atom is -0.454 e. The summed E-state index contributed by atoms with van der Waals surface area (Å²) in [4.78, 5) is 27.8. The molecule has 0 spiro atoms. The number of rotatable bonds is 4. The number of hydrogen-bond acceptors (Lipinski definition) is 6. The van der Waals surface area contributed by atoms with Gasteiger partial charge in [-0.2, -0.15) is 0 Å². The van der Waals surface area contributed by atoms with Crippen molar-refractivity contribution in [3.05, 3.63) is 34.0 Å². The van der Waals surface area contributed by atoms with Crippen LogP contribution in [0.2, 0.25) is 0 Å². The van der Waals surface area contributed by atoms with Gasteiger partial charge in [-0.05, 0) is 23.4 Å². The van der Waals surface area contributed by atoms with Gasteiger partial charge in [0, 0.05) is 42.9 Å². The van der Waals surface area contributed by atoms with Gasteiger partial charge in [-0.25, -0.2) is 0 Å². The molecule has 2 aromatic rings. The Morgan fingerprint density at radius 3 is 2.81 bits per heavy atom. The number of nitrogens with two attached hydrogens (primary N) is 1. The Hall–Kier alpha value is -2.45. The fraction of sp³-hybridized carbons (Fsp3) is 0.333. The topological polar surface area (TPSA) is 93.9 Å². The molecule has 2 aliphatic heterocycles. The maximum absolute atomic E-state index is 12.4. The van der Waals surface area contributed by atoms with Gasteiger partial charge >= 0.3 is 0 Å². The van der Waals surface area contributed by atoms with Crippen LogP contribution in [0.3, 0.4) is 0 Å². The Bertz CT molecular complexity index is 870. The fourth-order valence-electron chi connectivity index (χ4n) is 3.12. The number of nitrogens with zero attached hydrogens (tertiary/aromatic N) is 1. The SMILES string of the molecule is Cl.Nc1cc2c(cc1NC(=O)CCC(=O)N1CCc3sccc3C1)OCO2. The van der Waals surface area contributed by atoms with E-state index in [4.69, 9.17) is 15.2 Å². The highest BCUT2D eigenvalue weighted by molar-refractivity contribution is 7.10. The number of halogens is 1. The number of anilines is 2. The monoisotopic (exact) mass is 409 g/mol. The minimum atomic E-state index is -0.253. The van der Waals surface area contributed by atoms with E-state index in [-0.39, 0.29) is 43.9 Å². The highest BCUT2D eigenvalue weighted by atomic mass is 35.5. The van der Waals surface area contributed by atoms with Crippen molar-refractivity contribution < 1.29 is 19.1 Å². The summed E-state index contributed by atoms with van der Waals surface area (Å²) in [7, 11) is 0. The van der Waals surface area contributed by atoms with Crippen LogP contribution in [0.15, 0.2) is 23.6 Å². The molecular formula is C18H20ClN3O4S. The number of thiophene rings is 1. The highest BCUT2D eigenvalue weighted by Crippen LogP contribution is 2.38. The molecule has 27 heavy (non-hydrogen) atoms. The molecule has 3 N–H and O–H groups in total. The number of nitrogens with one attached hydrogen (secondary N) is 1. The Kier molecular flexibility index (Phi) is 5.76. The van der Waals surface area contributed by atoms with Crippen molar-refractivity contribution in [2.45, 2.75) is 25.8 Å². The van der Waals surface area contributed by atoms with Crippen LogP contribution in [-0.2, 0) is 22.6 Å². The lowest BCUT2D eigenvalue weighted by Gasteiger charge is -2.27. The molecule has 9 heteroatoms. The molecule has 0 saturated carbocycles. The molecule has 144 valence electrons. The molecule has 1 aromatic heterocycles. The quantitative estimate of drug-likeness (QED) is 0.757. The molecule has 3 heterocycles. The summed E-state index contributed by atoms with van der Waals surface area (Å²) in [6.07, 6.45) is 1.17. The number of fused-ring (bicyclic) bond motifs is 2. The van der Waals surface area contributed by atoms with Gasteiger partial charge in [-0.3, -0.25) is 9.59 Å². The minimum absolute atomic E-state index is 0. The summed E-state index contributed by atoms with van der Waals surface area (Å²) < 4.78 is 10.5. The molecular weight excluding hydrogens is 390 g/mol. The van der Waals surface area contributed by atoms with Crippen LogP contribution in [0.1, 0.15) is 23.3 Å². The Morgan fingerprint density at radius 1 is 1.22 bits per heavy atom. The first-order valence-corrected chi connectivity index (χ1v) is 9.30. The van der Waals surface area contributed by atoms with Crippen molar-refractivity contribution in [1.82, 2.24) is 4.90 Å². The first-order valence-electron chi connectivity index (χ1n) is 8.42. The zero-order valence-electron chi connectivity index (χ0n) is 14.5. The average molecular weight is 410 g/mol. The van der Waals surface area contributed by atoms with Gasteiger partial charge in [0.2, 0.25) is 18.6 Å². The smallest absolute Gasteiger partial charge is 0.231 e. The Balaban J connectivity index is 0.00000210. The second-order valence-corrected chi connectivity index (χ2v) is 7.28. The normalized spacial score (nSPS) is 14.3. The summed E-state index contributed by atoms with van der Waals surface area (Å²) in [6.45, 7) is 1.49. The number of nitrogen functional groups attached to an aromatic ring is 1. The second-order valence-electron chi connectivity index (χ2n) is 6.28. The molecule has 1 aromatic carbocycles. The molecule has 2 amide bonds. The molecule has 2 aliphatic rings. The molecule has 0 aliphatic carbocycles. The van der Waals surface area contributed by atoms with Crippen molar-refractivity contribution in [2.75, 3.05) is 24.4 Å². The second kappa shape index (κ2) is 8.06. The maximum atomic E-state index is 12.4. The van der Waals surface area contributed by atoms with Crippen LogP contribution < -0.4 is 20.5 Å². The Labute approximate surface area is 166 Å². The zero-order chi connectivity index (χ0) is 18.1. The van der Waals surface area contributed by atoms with Gasteiger partial charge in [0.1, 0.15) is 0 Å². The van der Waals surface area contributed by atoms with E-state index in [1.807, 2.05) is 4.90 Å². The van der Waals surface area contributed by atoms with E-state index in [9.17, 15) is 9.59 Å². The lowest BCUT2D eigenvalue weighted by atomic mass is 10.1. The van der Waals surface area contributed by atoms with E-state index >= 15 is 0 Å². The summed E-state index contributed by atoms with van der Waals surface area (Å²) in [5.41, 5.74) is 8.00. The molecule has 0 bridgehead atoms. The van der Waals surface area contributed by atoms with E-state index in [2.05, 4.69) is 16.8 Å². The number of ether oxygens (including phenoxy) is 2. The number of amides is 2. The molecule has 4 rings (SSSR count). The molecule has 0 saturated heterocycles. The van der Waals surface area contributed by atoms with Crippen LogP contribution in [0.25, 0.3) is 0 Å². The predicted octanol–water partition coefficient (Wildman–Crippen LogP) is 2.78. The fourth-order valence-corrected chi connectivity index (χ4v) is 4.01. The van der Waals surface area contributed by atoms with Crippen molar-refractivity contribution in [3.8, 4) is 11.5 Å². The predicted molar refractivity (Wildman–Crippen MR) is 106 cm³/mol. The number of carbonyl (C=O) groups is 2. The van der Waals surface area contributed by atoms with E-state index in [1.54, 1.807) is 23.5 Å². The summed E-state index contributed by atoms with van der Waals surface area (Å²) in [5, 5.41) is 4.80. The van der Waals surface area contributed by atoms with Crippen LogP contribution >= 0.6 is 23.7 Å². The average Bonchev–Trinajstić information content (AvgIpc) is 3.27. The lowest BCUT2D eigenvalue weighted by molar-refractivity contribution is -0.133. The highest BCUT2D eigenvalue weighted by Gasteiger charge is 2.22. The largest absolute Gasteiger partial charge is 0.454 e.